The highest BCUT2D eigenvalue weighted by atomic mass is 79.9. The van der Waals surface area contributed by atoms with Gasteiger partial charge in [-0.3, -0.25) is 0 Å². The summed E-state index contributed by atoms with van der Waals surface area (Å²) < 4.78 is 1.11. The third kappa shape index (κ3) is 2.34. The van der Waals surface area contributed by atoms with Crippen molar-refractivity contribution in [2.75, 3.05) is 0 Å². The highest BCUT2D eigenvalue weighted by Gasteiger charge is 2.21. The number of hydrogen-bond donors (Lipinski definition) is 1. The minimum Gasteiger partial charge on any atom is -0.308 e. The van der Waals surface area contributed by atoms with Crippen LogP contribution in [0.25, 0.3) is 9.88 Å². The number of nitrogens with zero attached hydrogens (tertiary/aromatic N) is 2. The Kier molecular flexibility index (Phi) is 3.06. The van der Waals surface area contributed by atoms with Gasteiger partial charge in [-0.05, 0) is 40.2 Å². The van der Waals surface area contributed by atoms with Crippen molar-refractivity contribution in [3.05, 3.63) is 20.9 Å². The van der Waals surface area contributed by atoms with Gasteiger partial charge in [0.05, 0.1) is 4.88 Å². The van der Waals surface area contributed by atoms with E-state index in [1.165, 1.54) is 17.7 Å². The normalized spacial score (nSPS) is 15.6. The summed E-state index contributed by atoms with van der Waals surface area (Å²) in [5, 5.41) is 16.0. The molecule has 0 unspecified atom stereocenters. The van der Waals surface area contributed by atoms with Gasteiger partial charge in [0.25, 0.3) is 0 Å². The number of hydrogen-bond acceptors (Lipinski definition) is 5. The first-order chi connectivity index (χ1) is 7.83. The fraction of sp³-hybridized carbons (Fsp3) is 0.400. The molecule has 16 heavy (non-hydrogen) atoms. The molecule has 0 atom stereocenters. The SMILES string of the molecule is Brc1ccsc1-c1nnc(CNC2CC2)s1. The summed E-state index contributed by atoms with van der Waals surface area (Å²) >= 11 is 6.88. The van der Waals surface area contributed by atoms with Crippen molar-refractivity contribution in [2.45, 2.75) is 25.4 Å². The van der Waals surface area contributed by atoms with E-state index in [1.807, 2.05) is 6.07 Å². The number of halogens is 1. The van der Waals surface area contributed by atoms with Crippen molar-refractivity contribution in [3.63, 3.8) is 0 Å². The van der Waals surface area contributed by atoms with Crippen LogP contribution in [-0.4, -0.2) is 16.2 Å². The smallest absolute Gasteiger partial charge is 0.159 e. The molecular weight excluding hydrogens is 306 g/mol. The molecule has 2 heterocycles. The first kappa shape index (κ1) is 10.8. The molecule has 3 rings (SSSR count). The molecule has 0 bridgehead atoms. The van der Waals surface area contributed by atoms with Gasteiger partial charge in [-0.15, -0.1) is 21.5 Å². The molecule has 0 radical (unpaired) electrons. The fourth-order valence-corrected chi connectivity index (χ4v) is 3.97. The van der Waals surface area contributed by atoms with Crippen molar-refractivity contribution in [1.29, 1.82) is 0 Å². The van der Waals surface area contributed by atoms with Crippen molar-refractivity contribution >= 4 is 38.6 Å². The van der Waals surface area contributed by atoms with Gasteiger partial charge in [-0.25, -0.2) is 0 Å². The summed E-state index contributed by atoms with van der Waals surface area (Å²) in [5.41, 5.74) is 0. The Morgan fingerprint density at radius 1 is 1.44 bits per heavy atom. The molecule has 0 spiro atoms. The molecule has 84 valence electrons. The average molecular weight is 316 g/mol. The van der Waals surface area contributed by atoms with Crippen LogP contribution in [0.2, 0.25) is 0 Å². The summed E-state index contributed by atoms with van der Waals surface area (Å²) in [6.07, 6.45) is 2.62. The van der Waals surface area contributed by atoms with Gasteiger partial charge >= 0.3 is 0 Å². The van der Waals surface area contributed by atoms with Crippen molar-refractivity contribution < 1.29 is 0 Å². The zero-order valence-corrected chi connectivity index (χ0v) is 11.7. The molecule has 1 N–H and O–H groups in total. The van der Waals surface area contributed by atoms with Crippen LogP contribution in [0.5, 0.6) is 0 Å². The largest absolute Gasteiger partial charge is 0.308 e. The van der Waals surface area contributed by atoms with Crippen LogP contribution >= 0.6 is 38.6 Å². The van der Waals surface area contributed by atoms with E-state index in [1.54, 1.807) is 22.7 Å². The molecule has 0 aliphatic heterocycles. The van der Waals surface area contributed by atoms with Crippen molar-refractivity contribution in [1.82, 2.24) is 15.5 Å². The highest BCUT2D eigenvalue weighted by molar-refractivity contribution is 9.10. The first-order valence-corrected chi connectivity index (χ1v) is 7.61. The zero-order chi connectivity index (χ0) is 11.0. The zero-order valence-electron chi connectivity index (χ0n) is 8.44. The van der Waals surface area contributed by atoms with E-state index < -0.39 is 0 Å². The van der Waals surface area contributed by atoms with E-state index in [0.29, 0.717) is 0 Å². The molecule has 1 aliphatic carbocycles. The predicted molar refractivity (Wildman–Crippen MR) is 70.8 cm³/mol. The topological polar surface area (TPSA) is 37.8 Å². The monoisotopic (exact) mass is 315 g/mol. The highest BCUT2D eigenvalue weighted by Crippen LogP contribution is 2.35. The maximum absolute atomic E-state index is 4.23. The molecule has 0 aromatic carbocycles. The summed E-state index contributed by atoms with van der Waals surface area (Å²) in [5.74, 6) is 0. The third-order valence-corrected chi connectivity index (χ3v) is 5.31. The Balaban J connectivity index is 1.74. The number of thiophene rings is 1. The molecule has 0 amide bonds. The Morgan fingerprint density at radius 3 is 3.00 bits per heavy atom. The molecule has 0 saturated heterocycles. The molecule has 1 fully saturated rings. The van der Waals surface area contributed by atoms with Gasteiger partial charge in [-0.1, -0.05) is 11.3 Å². The van der Waals surface area contributed by atoms with E-state index in [0.717, 1.165) is 27.1 Å². The number of aromatic nitrogens is 2. The van der Waals surface area contributed by atoms with Crippen LogP contribution in [0.15, 0.2) is 15.9 Å². The minimum atomic E-state index is 0.723. The van der Waals surface area contributed by atoms with Crippen LogP contribution in [0.1, 0.15) is 17.8 Å². The third-order valence-electron chi connectivity index (χ3n) is 2.40. The maximum atomic E-state index is 4.23. The van der Waals surface area contributed by atoms with Gasteiger partial charge in [0.2, 0.25) is 0 Å². The van der Waals surface area contributed by atoms with Crippen molar-refractivity contribution in [2.24, 2.45) is 0 Å². The summed E-state index contributed by atoms with van der Waals surface area (Å²) in [6, 6.07) is 2.77. The molecule has 2 aromatic rings. The Morgan fingerprint density at radius 2 is 2.31 bits per heavy atom. The van der Waals surface area contributed by atoms with Crippen molar-refractivity contribution in [3.8, 4) is 9.88 Å². The van der Waals surface area contributed by atoms with Gasteiger partial charge < -0.3 is 5.32 Å². The molecular formula is C10H10BrN3S2. The molecule has 1 saturated carbocycles. The van der Waals surface area contributed by atoms with Gasteiger partial charge in [-0.2, -0.15) is 0 Å². The van der Waals surface area contributed by atoms with E-state index in [4.69, 9.17) is 0 Å². The Labute approximate surface area is 110 Å². The van der Waals surface area contributed by atoms with Gasteiger partial charge in [0, 0.05) is 17.1 Å². The second-order valence-electron chi connectivity index (χ2n) is 3.75. The predicted octanol–water partition coefficient (Wildman–Crippen LogP) is 3.28. The summed E-state index contributed by atoms with van der Waals surface area (Å²) in [6.45, 7) is 0.853. The first-order valence-electron chi connectivity index (χ1n) is 5.12. The lowest BCUT2D eigenvalue weighted by atomic mass is 10.5. The Bertz CT molecular complexity index is 490. The quantitative estimate of drug-likeness (QED) is 0.941. The van der Waals surface area contributed by atoms with Crippen LogP contribution in [-0.2, 0) is 6.54 Å². The number of nitrogens with one attached hydrogen (secondary N) is 1. The Hall–Kier alpha value is -0.300. The van der Waals surface area contributed by atoms with Gasteiger partial charge in [0.15, 0.2) is 5.01 Å². The summed E-state index contributed by atoms with van der Waals surface area (Å²) in [4.78, 5) is 1.18. The van der Waals surface area contributed by atoms with Crippen LogP contribution in [0.4, 0.5) is 0 Å². The maximum Gasteiger partial charge on any atom is 0.159 e. The molecule has 2 aromatic heterocycles. The number of rotatable bonds is 4. The van der Waals surface area contributed by atoms with Gasteiger partial charge in [0.1, 0.15) is 5.01 Å². The van der Waals surface area contributed by atoms with E-state index in [-0.39, 0.29) is 0 Å². The second kappa shape index (κ2) is 4.52. The van der Waals surface area contributed by atoms with E-state index in [2.05, 4.69) is 36.8 Å². The molecule has 3 nitrogen and oxygen atoms in total. The lowest BCUT2D eigenvalue weighted by Crippen LogP contribution is -2.14. The summed E-state index contributed by atoms with van der Waals surface area (Å²) in [7, 11) is 0. The van der Waals surface area contributed by atoms with Crippen LogP contribution in [0, 0.1) is 0 Å². The second-order valence-corrected chi connectivity index (χ2v) is 6.59. The molecule has 1 aliphatic rings. The van der Waals surface area contributed by atoms with E-state index in [9.17, 15) is 0 Å². The van der Waals surface area contributed by atoms with Crippen LogP contribution < -0.4 is 5.32 Å². The molecule has 6 heteroatoms. The fourth-order valence-electron chi connectivity index (χ4n) is 1.38. The lowest BCUT2D eigenvalue weighted by molar-refractivity contribution is 0.679. The minimum absolute atomic E-state index is 0.723. The lowest BCUT2D eigenvalue weighted by Gasteiger charge is -1.95. The van der Waals surface area contributed by atoms with E-state index >= 15 is 0 Å². The van der Waals surface area contributed by atoms with Crippen LogP contribution in [0.3, 0.4) is 0 Å². The average Bonchev–Trinajstić information content (AvgIpc) is 2.82. The standard InChI is InChI=1S/C10H10BrN3S2/c11-7-3-4-15-9(7)10-14-13-8(16-10)5-12-6-1-2-6/h3-4,6,12H,1-2,5H2.